The molecule has 1 unspecified atom stereocenters. The van der Waals surface area contributed by atoms with E-state index in [1.807, 2.05) is 13.0 Å². The smallest absolute Gasteiger partial charge is 0.0646 e. The fraction of sp³-hybridized carbons (Fsp3) is 0.571. The van der Waals surface area contributed by atoms with Gasteiger partial charge in [-0.1, -0.05) is 17.7 Å². The first kappa shape index (κ1) is 12.7. The van der Waals surface area contributed by atoms with Gasteiger partial charge in [-0.15, -0.1) is 0 Å². The van der Waals surface area contributed by atoms with Crippen molar-refractivity contribution in [2.45, 2.75) is 45.3 Å². The van der Waals surface area contributed by atoms with E-state index in [2.05, 4.69) is 31.3 Å². The summed E-state index contributed by atoms with van der Waals surface area (Å²) in [6.45, 7) is 7.14. The van der Waals surface area contributed by atoms with E-state index in [4.69, 9.17) is 16.3 Å². The number of nitrogens with one attached hydrogen (secondary N) is 1. The first-order chi connectivity index (χ1) is 7.96. The third-order valence-electron chi connectivity index (χ3n) is 3.18. The molecule has 2 nitrogen and oxygen atoms in total. The monoisotopic (exact) mass is 253 g/mol. The Labute approximate surface area is 108 Å². The summed E-state index contributed by atoms with van der Waals surface area (Å²) < 4.78 is 5.71. The van der Waals surface area contributed by atoms with Crippen LogP contribution in [0, 0.1) is 6.92 Å². The van der Waals surface area contributed by atoms with Crippen LogP contribution in [-0.4, -0.2) is 18.2 Å². The number of halogens is 1. The van der Waals surface area contributed by atoms with Crippen LogP contribution in [0.25, 0.3) is 0 Å². The van der Waals surface area contributed by atoms with Gasteiger partial charge >= 0.3 is 0 Å². The maximum atomic E-state index is 6.23. The Kier molecular flexibility index (Phi) is 3.64. The van der Waals surface area contributed by atoms with E-state index < -0.39 is 0 Å². The fourth-order valence-electron chi connectivity index (χ4n) is 2.31. The van der Waals surface area contributed by atoms with Crippen molar-refractivity contribution in [1.82, 2.24) is 0 Å². The third-order valence-corrected chi connectivity index (χ3v) is 3.49. The summed E-state index contributed by atoms with van der Waals surface area (Å²) in [6, 6.07) is 6.58. The Morgan fingerprint density at radius 1 is 1.41 bits per heavy atom. The van der Waals surface area contributed by atoms with Crippen molar-refractivity contribution in [3.05, 3.63) is 28.8 Å². The van der Waals surface area contributed by atoms with Gasteiger partial charge in [-0.2, -0.15) is 0 Å². The Hall–Kier alpha value is -0.730. The molecule has 1 saturated heterocycles. The minimum atomic E-state index is -0.0346. The van der Waals surface area contributed by atoms with Crippen LogP contribution < -0.4 is 5.32 Å². The molecule has 94 valence electrons. The molecular formula is C14H20ClNO. The molecule has 0 aromatic heterocycles. The predicted molar refractivity (Wildman–Crippen MR) is 72.9 cm³/mol. The summed E-state index contributed by atoms with van der Waals surface area (Å²) in [5.74, 6) is 0. The Morgan fingerprint density at radius 3 is 2.82 bits per heavy atom. The minimum Gasteiger partial charge on any atom is -0.381 e. The minimum absolute atomic E-state index is 0.0346. The predicted octanol–water partition coefficient (Wildman–Crippen LogP) is 4.02. The molecular weight excluding hydrogens is 234 g/mol. The van der Waals surface area contributed by atoms with Crippen LogP contribution in [-0.2, 0) is 4.74 Å². The zero-order valence-corrected chi connectivity index (χ0v) is 11.5. The topological polar surface area (TPSA) is 21.3 Å². The van der Waals surface area contributed by atoms with Gasteiger partial charge in [0.15, 0.2) is 0 Å². The first-order valence-electron chi connectivity index (χ1n) is 6.13. The van der Waals surface area contributed by atoms with Gasteiger partial charge < -0.3 is 10.1 Å². The molecule has 0 saturated carbocycles. The van der Waals surface area contributed by atoms with Crippen LogP contribution in [0.1, 0.15) is 32.3 Å². The number of anilines is 1. The van der Waals surface area contributed by atoms with Gasteiger partial charge in [0.05, 0.1) is 16.3 Å². The highest BCUT2D eigenvalue weighted by Gasteiger charge is 2.28. The number of rotatable bonds is 2. The summed E-state index contributed by atoms with van der Waals surface area (Å²) in [7, 11) is 0. The lowest BCUT2D eigenvalue weighted by Crippen LogP contribution is -2.40. The number of ether oxygens (including phenoxy) is 1. The van der Waals surface area contributed by atoms with Crippen molar-refractivity contribution in [3.8, 4) is 0 Å². The highest BCUT2D eigenvalue weighted by molar-refractivity contribution is 6.33. The number of hydrogen-bond acceptors (Lipinski definition) is 2. The summed E-state index contributed by atoms with van der Waals surface area (Å²) in [4.78, 5) is 0. The van der Waals surface area contributed by atoms with Gasteiger partial charge in [-0.05, 0) is 51.3 Å². The molecule has 0 radical (unpaired) electrons. The highest BCUT2D eigenvalue weighted by Crippen LogP contribution is 2.29. The lowest BCUT2D eigenvalue weighted by atomic mass is 9.94. The molecule has 1 heterocycles. The van der Waals surface area contributed by atoms with Gasteiger partial charge in [0, 0.05) is 12.6 Å². The van der Waals surface area contributed by atoms with E-state index in [0.29, 0.717) is 6.04 Å². The maximum absolute atomic E-state index is 6.23. The standard InChI is InChI=1S/C14H20ClNO/c1-10-4-5-13(12(15)8-10)16-11-6-7-17-14(2,3)9-11/h4-5,8,11,16H,6-7,9H2,1-3H3. The second-order valence-electron chi connectivity index (χ2n) is 5.43. The molecule has 1 atom stereocenters. The van der Waals surface area contributed by atoms with Gasteiger partial charge in [-0.25, -0.2) is 0 Å². The second kappa shape index (κ2) is 4.87. The lowest BCUT2D eigenvalue weighted by molar-refractivity contribution is -0.0553. The van der Waals surface area contributed by atoms with Crippen molar-refractivity contribution in [1.29, 1.82) is 0 Å². The van der Waals surface area contributed by atoms with Crippen molar-refractivity contribution in [2.75, 3.05) is 11.9 Å². The molecule has 1 N–H and O–H groups in total. The van der Waals surface area contributed by atoms with Crippen molar-refractivity contribution >= 4 is 17.3 Å². The molecule has 3 heteroatoms. The molecule has 1 aromatic rings. The summed E-state index contributed by atoms with van der Waals surface area (Å²) in [5, 5.41) is 4.32. The molecule has 0 spiro atoms. The zero-order valence-electron chi connectivity index (χ0n) is 10.7. The number of hydrogen-bond donors (Lipinski definition) is 1. The maximum Gasteiger partial charge on any atom is 0.0646 e. The van der Waals surface area contributed by atoms with Crippen molar-refractivity contribution < 1.29 is 4.74 Å². The van der Waals surface area contributed by atoms with E-state index in [1.54, 1.807) is 0 Å². The fourth-order valence-corrected chi connectivity index (χ4v) is 2.60. The second-order valence-corrected chi connectivity index (χ2v) is 5.83. The molecule has 1 aliphatic rings. The van der Waals surface area contributed by atoms with Crippen LogP contribution in [0.4, 0.5) is 5.69 Å². The highest BCUT2D eigenvalue weighted by atomic mass is 35.5. The first-order valence-corrected chi connectivity index (χ1v) is 6.51. The molecule has 1 fully saturated rings. The Bertz CT molecular complexity index is 403. The van der Waals surface area contributed by atoms with Crippen molar-refractivity contribution in [3.63, 3.8) is 0 Å². The van der Waals surface area contributed by atoms with E-state index >= 15 is 0 Å². The van der Waals surface area contributed by atoms with Gasteiger partial charge in [0.25, 0.3) is 0 Å². The van der Waals surface area contributed by atoms with E-state index in [0.717, 1.165) is 30.2 Å². The average Bonchev–Trinajstić information content (AvgIpc) is 2.21. The van der Waals surface area contributed by atoms with Gasteiger partial charge in [0.1, 0.15) is 0 Å². The van der Waals surface area contributed by atoms with Crippen LogP contribution in [0.3, 0.4) is 0 Å². The normalized spacial score (nSPS) is 23.4. The molecule has 0 bridgehead atoms. The van der Waals surface area contributed by atoms with Crippen molar-refractivity contribution in [2.24, 2.45) is 0 Å². The largest absolute Gasteiger partial charge is 0.381 e. The molecule has 2 rings (SSSR count). The molecule has 0 aliphatic carbocycles. The molecule has 1 aromatic carbocycles. The molecule has 17 heavy (non-hydrogen) atoms. The van der Waals surface area contributed by atoms with E-state index in [9.17, 15) is 0 Å². The third kappa shape index (κ3) is 3.36. The average molecular weight is 254 g/mol. The number of benzene rings is 1. The quantitative estimate of drug-likeness (QED) is 0.860. The summed E-state index contributed by atoms with van der Waals surface area (Å²) in [6.07, 6.45) is 2.05. The summed E-state index contributed by atoms with van der Waals surface area (Å²) >= 11 is 6.23. The van der Waals surface area contributed by atoms with Crippen LogP contribution in [0.15, 0.2) is 18.2 Å². The summed E-state index contributed by atoms with van der Waals surface area (Å²) in [5.41, 5.74) is 2.18. The van der Waals surface area contributed by atoms with E-state index in [1.165, 1.54) is 5.56 Å². The van der Waals surface area contributed by atoms with Crippen LogP contribution in [0.2, 0.25) is 5.02 Å². The SMILES string of the molecule is Cc1ccc(NC2CCOC(C)(C)C2)c(Cl)c1. The van der Waals surface area contributed by atoms with Crippen LogP contribution in [0.5, 0.6) is 0 Å². The molecule has 1 aliphatic heterocycles. The zero-order chi connectivity index (χ0) is 12.5. The number of aryl methyl sites for hydroxylation is 1. The van der Waals surface area contributed by atoms with E-state index in [-0.39, 0.29) is 5.60 Å². The Balaban J connectivity index is 2.05. The van der Waals surface area contributed by atoms with Gasteiger partial charge in [-0.3, -0.25) is 0 Å². The Morgan fingerprint density at radius 2 is 2.18 bits per heavy atom. The van der Waals surface area contributed by atoms with Crippen LogP contribution >= 0.6 is 11.6 Å². The molecule has 0 amide bonds. The van der Waals surface area contributed by atoms with Gasteiger partial charge in [0.2, 0.25) is 0 Å². The lowest BCUT2D eigenvalue weighted by Gasteiger charge is -2.36.